The Hall–Kier alpha value is -2.15. The first kappa shape index (κ1) is 12.9. The standard InChI is InChI=1S/C19H20N/c1-13-9-10-20(4)19(11-13)18-12-14(2)16-7-5-6-8-17(16)15(18)3/h5-12H,1-4H3/q+1. The highest BCUT2D eigenvalue weighted by molar-refractivity contribution is 5.93. The number of pyridine rings is 1. The van der Waals surface area contributed by atoms with Crippen LogP contribution in [-0.2, 0) is 7.05 Å². The van der Waals surface area contributed by atoms with Gasteiger partial charge in [0.25, 0.3) is 0 Å². The molecular formula is C19H20N+. The van der Waals surface area contributed by atoms with Crippen molar-refractivity contribution in [3.8, 4) is 11.3 Å². The van der Waals surface area contributed by atoms with Crippen molar-refractivity contribution < 1.29 is 4.57 Å². The molecule has 0 spiro atoms. The minimum absolute atomic E-state index is 1.27. The number of aryl methyl sites for hydroxylation is 4. The van der Waals surface area contributed by atoms with Crippen molar-refractivity contribution in [3.05, 3.63) is 65.4 Å². The lowest BCUT2D eigenvalue weighted by atomic mass is 9.94. The highest BCUT2D eigenvalue weighted by Gasteiger charge is 2.15. The fourth-order valence-corrected chi connectivity index (χ4v) is 2.91. The Labute approximate surface area is 120 Å². The number of benzene rings is 2. The normalized spacial score (nSPS) is 11.0. The minimum Gasteiger partial charge on any atom is -0.201 e. The second-order valence-electron chi connectivity index (χ2n) is 5.61. The Balaban J connectivity index is 2.37. The molecule has 1 aromatic heterocycles. The molecule has 100 valence electrons. The number of aromatic nitrogens is 1. The van der Waals surface area contributed by atoms with Crippen molar-refractivity contribution >= 4 is 10.8 Å². The van der Waals surface area contributed by atoms with E-state index in [4.69, 9.17) is 0 Å². The summed E-state index contributed by atoms with van der Waals surface area (Å²) in [6, 6.07) is 15.4. The smallest absolute Gasteiger partial charge is 0.201 e. The molecule has 1 heterocycles. The average molecular weight is 262 g/mol. The third-order valence-corrected chi connectivity index (χ3v) is 4.10. The zero-order valence-corrected chi connectivity index (χ0v) is 12.6. The number of nitrogens with zero attached hydrogens (tertiary/aromatic N) is 1. The van der Waals surface area contributed by atoms with Gasteiger partial charge in [-0.15, -0.1) is 0 Å². The molecule has 0 unspecified atom stereocenters. The molecule has 0 radical (unpaired) electrons. The molecule has 0 saturated heterocycles. The Morgan fingerprint density at radius 2 is 1.55 bits per heavy atom. The summed E-state index contributed by atoms with van der Waals surface area (Å²) in [5.41, 5.74) is 6.59. The molecule has 3 aromatic rings. The molecule has 0 aliphatic rings. The highest BCUT2D eigenvalue weighted by atomic mass is 14.9. The van der Waals surface area contributed by atoms with Gasteiger partial charge < -0.3 is 0 Å². The Kier molecular flexibility index (Phi) is 3.06. The lowest BCUT2D eigenvalue weighted by Gasteiger charge is -2.11. The van der Waals surface area contributed by atoms with Crippen molar-refractivity contribution in [1.82, 2.24) is 0 Å². The second-order valence-corrected chi connectivity index (χ2v) is 5.61. The maximum absolute atomic E-state index is 2.31. The molecule has 0 N–H and O–H groups in total. The monoisotopic (exact) mass is 262 g/mol. The highest BCUT2D eigenvalue weighted by Crippen LogP contribution is 2.30. The molecule has 0 amide bonds. The number of fused-ring (bicyclic) bond motifs is 1. The largest absolute Gasteiger partial charge is 0.212 e. The Morgan fingerprint density at radius 3 is 2.30 bits per heavy atom. The molecule has 0 aliphatic heterocycles. The molecule has 1 nitrogen and oxygen atoms in total. The predicted octanol–water partition coefficient (Wildman–Crippen LogP) is 4.26. The van der Waals surface area contributed by atoms with E-state index < -0.39 is 0 Å². The van der Waals surface area contributed by atoms with Crippen LogP contribution in [0.25, 0.3) is 22.0 Å². The molecule has 0 fully saturated rings. The van der Waals surface area contributed by atoms with Gasteiger partial charge in [0.2, 0.25) is 5.69 Å². The van der Waals surface area contributed by atoms with Crippen molar-refractivity contribution in [1.29, 1.82) is 0 Å². The summed E-state index contributed by atoms with van der Waals surface area (Å²) >= 11 is 0. The first-order chi connectivity index (χ1) is 9.58. The van der Waals surface area contributed by atoms with Crippen molar-refractivity contribution in [2.45, 2.75) is 20.8 Å². The van der Waals surface area contributed by atoms with Gasteiger partial charge in [-0.2, -0.15) is 0 Å². The van der Waals surface area contributed by atoms with Gasteiger partial charge in [-0.1, -0.05) is 24.3 Å². The maximum Gasteiger partial charge on any atom is 0.212 e. The zero-order valence-electron chi connectivity index (χ0n) is 12.6. The van der Waals surface area contributed by atoms with Gasteiger partial charge >= 0.3 is 0 Å². The van der Waals surface area contributed by atoms with Crippen LogP contribution in [-0.4, -0.2) is 0 Å². The summed E-state index contributed by atoms with van der Waals surface area (Å²) in [5.74, 6) is 0. The second kappa shape index (κ2) is 4.75. The third-order valence-electron chi connectivity index (χ3n) is 4.10. The van der Waals surface area contributed by atoms with E-state index in [1.807, 2.05) is 0 Å². The summed E-state index contributed by atoms with van der Waals surface area (Å²) in [5, 5.41) is 2.70. The molecular weight excluding hydrogens is 242 g/mol. The lowest BCUT2D eigenvalue weighted by Crippen LogP contribution is -2.30. The number of hydrogen-bond acceptors (Lipinski definition) is 0. The van der Waals surface area contributed by atoms with Crippen LogP contribution < -0.4 is 4.57 Å². The molecule has 1 heteroatoms. The van der Waals surface area contributed by atoms with Crippen LogP contribution in [0.2, 0.25) is 0 Å². The minimum atomic E-state index is 1.27. The summed E-state index contributed by atoms with van der Waals surface area (Å²) in [6.07, 6.45) is 2.13. The van der Waals surface area contributed by atoms with Gasteiger partial charge in [0, 0.05) is 17.7 Å². The lowest BCUT2D eigenvalue weighted by molar-refractivity contribution is -0.660. The van der Waals surface area contributed by atoms with Crippen LogP contribution in [0.1, 0.15) is 16.7 Å². The van der Waals surface area contributed by atoms with Crippen LogP contribution in [0.5, 0.6) is 0 Å². The van der Waals surface area contributed by atoms with E-state index in [0.717, 1.165) is 0 Å². The summed E-state index contributed by atoms with van der Waals surface area (Å²) in [4.78, 5) is 0. The van der Waals surface area contributed by atoms with Crippen molar-refractivity contribution in [2.75, 3.05) is 0 Å². The Morgan fingerprint density at radius 1 is 0.850 bits per heavy atom. The van der Waals surface area contributed by atoms with Crippen LogP contribution in [0, 0.1) is 20.8 Å². The van der Waals surface area contributed by atoms with E-state index in [1.165, 1.54) is 38.7 Å². The third kappa shape index (κ3) is 2.00. The molecule has 20 heavy (non-hydrogen) atoms. The molecule has 0 saturated carbocycles. The van der Waals surface area contributed by atoms with E-state index in [9.17, 15) is 0 Å². The first-order valence-corrected chi connectivity index (χ1v) is 7.03. The summed E-state index contributed by atoms with van der Waals surface area (Å²) < 4.78 is 2.20. The number of hydrogen-bond donors (Lipinski definition) is 0. The van der Waals surface area contributed by atoms with Crippen LogP contribution in [0.15, 0.2) is 48.7 Å². The average Bonchev–Trinajstić information content (AvgIpc) is 2.46. The molecule has 0 aliphatic carbocycles. The number of rotatable bonds is 1. The Bertz CT molecular complexity index is 800. The summed E-state index contributed by atoms with van der Waals surface area (Å²) in [6.45, 7) is 6.56. The van der Waals surface area contributed by atoms with Gasteiger partial charge in [-0.05, 0) is 54.3 Å². The van der Waals surface area contributed by atoms with Gasteiger partial charge in [0.05, 0.1) is 0 Å². The maximum atomic E-state index is 2.31. The molecule has 0 bridgehead atoms. The predicted molar refractivity (Wildman–Crippen MR) is 84.8 cm³/mol. The van der Waals surface area contributed by atoms with Crippen molar-refractivity contribution in [2.24, 2.45) is 7.05 Å². The fourth-order valence-electron chi connectivity index (χ4n) is 2.91. The SMILES string of the molecule is Cc1cc[n+](C)c(-c2cc(C)c3ccccc3c2C)c1. The van der Waals surface area contributed by atoms with Gasteiger partial charge in [0.1, 0.15) is 7.05 Å². The van der Waals surface area contributed by atoms with Gasteiger partial charge in [0.15, 0.2) is 6.20 Å². The zero-order chi connectivity index (χ0) is 14.3. The van der Waals surface area contributed by atoms with E-state index in [2.05, 4.69) is 81.0 Å². The topological polar surface area (TPSA) is 3.88 Å². The quantitative estimate of drug-likeness (QED) is 0.577. The molecule has 3 rings (SSSR count). The fraction of sp³-hybridized carbons (Fsp3) is 0.211. The van der Waals surface area contributed by atoms with E-state index in [1.54, 1.807) is 0 Å². The summed E-state index contributed by atoms with van der Waals surface area (Å²) in [7, 11) is 2.11. The van der Waals surface area contributed by atoms with E-state index >= 15 is 0 Å². The van der Waals surface area contributed by atoms with Crippen molar-refractivity contribution in [3.63, 3.8) is 0 Å². The van der Waals surface area contributed by atoms with E-state index in [0.29, 0.717) is 0 Å². The van der Waals surface area contributed by atoms with Crippen LogP contribution >= 0.6 is 0 Å². The molecule has 2 aromatic carbocycles. The van der Waals surface area contributed by atoms with Gasteiger partial charge in [-0.25, -0.2) is 4.57 Å². The first-order valence-electron chi connectivity index (χ1n) is 7.03. The van der Waals surface area contributed by atoms with Gasteiger partial charge in [-0.3, -0.25) is 0 Å². The van der Waals surface area contributed by atoms with Crippen LogP contribution in [0.4, 0.5) is 0 Å². The van der Waals surface area contributed by atoms with E-state index in [-0.39, 0.29) is 0 Å². The van der Waals surface area contributed by atoms with Crippen LogP contribution in [0.3, 0.4) is 0 Å². The molecule has 0 atom stereocenters.